The van der Waals surface area contributed by atoms with E-state index >= 15 is 0 Å². The van der Waals surface area contributed by atoms with Crippen molar-refractivity contribution in [1.29, 1.82) is 5.26 Å². The van der Waals surface area contributed by atoms with Crippen LogP contribution < -0.4 is 9.64 Å². The molecular formula is C24H27N5O4. The molecule has 0 amide bonds. The number of unbranched alkanes of at least 4 members (excludes halogenated alkanes) is 1. The van der Waals surface area contributed by atoms with Gasteiger partial charge >= 0.3 is 0 Å². The minimum Gasteiger partial charge on any atom is -0.494 e. The van der Waals surface area contributed by atoms with Gasteiger partial charge in [0.2, 0.25) is 0 Å². The summed E-state index contributed by atoms with van der Waals surface area (Å²) in [6, 6.07) is 9.63. The Morgan fingerprint density at radius 2 is 1.94 bits per heavy atom. The van der Waals surface area contributed by atoms with E-state index in [9.17, 15) is 20.5 Å². The first kappa shape index (κ1) is 23.9. The molecule has 0 atom stereocenters. The first-order chi connectivity index (χ1) is 15.7. The van der Waals surface area contributed by atoms with Crippen LogP contribution in [0, 0.1) is 21.4 Å². The highest BCUT2D eigenvalue weighted by Gasteiger charge is 2.32. The van der Waals surface area contributed by atoms with Crippen LogP contribution in [0.4, 0.5) is 22.7 Å². The van der Waals surface area contributed by atoms with Gasteiger partial charge in [0.15, 0.2) is 0 Å². The van der Waals surface area contributed by atoms with Crippen LogP contribution in [-0.2, 0) is 0 Å². The van der Waals surface area contributed by atoms with Gasteiger partial charge in [-0.15, -0.1) is 10.2 Å². The van der Waals surface area contributed by atoms with Gasteiger partial charge in [0.1, 0.15) is 23.2 Å². The number of allylic oxidation sites excluding steroid dienone is 1. The summed E-state index contributed by atoms with van der Waals surface area (Å²) in [7, 11) is 1.56. The molecular weight excluding hydrogens is 422 g/mol. The monoisotopic (exact) mass is 449 g/mol. The molecule has 0 radical (unpaired) electrons. The number of nitro groups is 1. The maximum Gasteiger partial charge on any atom is 0.270 e. The average molecular weight is 450 g/mol. The second-order valence-corrected chi connectivity index (χ2v) is 8.37. The number of anilines is 1. The Kier molecular flexibility index (Phi) is 7.09. The first-order valence-electron chi connectivity index (χ1n) is 10.6. The number of benzene rings is 2. The SMILES string of the molecule is COc1cc2c(cc1N=Nc1ccc([N+](=O)[O-])cc1C#N)C(C)=CC(C)(C)N2CCCCO. The lowest BCUT2D eigenvalue weighted by molar-refractivity contribution is -0.384. The van der Waals surface area contributed by atoms with Gasteiger partial charge in [0.25, 0.3) is 5.69 Å². The van der Waals surface area contributed by atoms with E-state index in [1.807, 2.05) is 25.1 Å². The maximum absolute atomic E-state index is 11.0. The fraction of sp³-hybridized carbons (Fsp3) is 0.375. The second-order valence-electron chi connectivity index (χ2n) is 8.37. The quantitative estimate of drug-likeness (QED) is 0.240. The normalized spacial score (nSPS) is 14.5. The fourth-order valence-electron chi connectivity index (χ4n) is 4.05. The molecule has 0 aromatic heterocycles. The summed E-state index contributed by atoms with van der Waals surface area (Å²) in [4.78, 5) is 12.7. The number of nitrogens with zero attached hydrogens (tertiary/aromatic N) is 5. The molecule has 33 heavy (non-hydrogen) atoms. The number of methoxy groups -OCH3 is 1. The number of azo groups is 1. The zero-order chi connectivity index (χ0) is 24.2. The summed E-state index contributed by atoms with van der Waals surface area (Å²) >= 11 is 0. The smallest absolute Gasteiger partial charge is 0.270 e. The molecule has 172 valence electrons. The lowest BCUT2D eigenvalue weighted by atomic mass is 9.88. The number of rotatable bonds is 8. The molecule has 1 aliphatic heterocycles. The number of hydrogen-bond donors (Lipinski definition) is 1. The van der Waals surface area contributed by atoms with Crippen LogP contribution in [-0.4, -0.2) is 35.8 Å². The molecule has 9 nitrogen and oxygen atoms in total. The third-order valence-corrected chi connectivity index (χ3v) is 5.64. The van der Waals surface area contributed by atoms with Crippen molar-refractivity contribution in [1.82, 2.24) is 0 Å². The summed E-state index contributed by atoms with van der Waals surface area (Å²) in [6.07, 6.45) is 3.78. The standard InChI is InChI=1S/C24H27N5O4/c1-16-14-24(2,3)28(9-5-6-10-30)22-13-23(33-4)21(12-19(16)22)27-26-20-8-7-18(29(31)32)11-17(20)15-25/h7-8,11-14,30H,5-6,9-10H2,1-4H3. The molecule has 0 spiro atoms. The number of ether oxygens (including phenoxy) is 1. The Bertz CT molecular complexity index is 1160. The number of non-ortho nitro benzene ring substituents is 1. The summed E-state index contributed by atoms with van der Waals surface area (Å²) in [5, 5.41) is 38.0. The van der Waals surface area contributed by atoms with Crippen molar-refractivity contribution in [2.24, 2.45) is 10.2 Å². The number of aliphatic hydroxyl groups is 1. The van der Waals surface area contributed by atoms with Crippen molar-refractivity contribution < 1.29 is 14.8 Å². The Balaban J connectivity index is 2.03. The van der Waals surface area contributed by atoms with Gasteiger partial charge in [-0.1, -0.05) is 6.08 Å². The number of nitro benzene ring substituents is 1. The molecule has 3 rings (SSSR count). The maximum atomic E-state index is 11.0. The summed E-state index contributed by atoms with van der Waals surface area (Å²) in [5.41, 5.74) is 3.52. The summed E-state index contributed by atoms with van der Waals surface area (Å²) < 4.78 is 5.59. The van der Waals surface area contributed by atoms with Crippen LogP contribution in [0.25, 0.3) is 5.57 Å². The Morgan fingerprint density at radius 3 is 2.58 bits per heavy atom. The highest BCUT2D eigenvalue weighted by atomic mass is 16.6. The van der Waals surface area contributed by atoms with Gasteiger partial charge < -0.3 is 14.7 Å². The number of fused-ring (bicyclic) bond motifs is 1. The largest absolute Gasteiger partial charge is 0.494 e. The van der Waals surface area contributed by atoms with Crippen molar-refractivity contribution in [2.75, 3.05) is 25.2 Å². The lowest BCUT2D eigenvalue weighted by Gasteiger charge is -2.43. The molecule has 0 unspecified atom stereocenters. The van der Waals surface area contributed by atoms with Crippen LogP contribution in [0.15, 0.2) is 46.6 Å². The van der Waals surface area contributed by atoms with Gasteiger partial charge in [-0.3, -0.25) is 10.1 Å². The van der Waals surface area contributed by atoms with Gasteiger partial charge in [-0.25, -0.2) is 0 Å². The number of nitriles is 1. The number of hydrogen-bond acceptors (Lipinski definition) is 8. The molecule has 0 saturated carbocycles. The zero-order valence-electron chi connectivity index (χ0n) is 19.2. The second kappa shape index (κ2) is 9.79. The molecule has 9 heteroatoms. The van der Waals surface area contributed by atoms with Crippen molar-refractivity contribution in [2.45, 2.75) is 39.2 Å². The van der Waals surface area contributed by atoms with E-state index in [1.165, 1.54) is 18.2 Å². The van der Waals surface area contributed by atoms with E-state index in [4.69, 9.17) is 4.74 Å². The van der Waals surface area contributed by atoms with Crippen LogP contribution in [0.1, 0.15) is 44.7 Å². The Labute approximate surface area is 192 Å². The van der Waals surface area contributed by atoms with Crippen molar-refractivity contribution >= 4 is 28.3 Å². The van der Waals surface area contributed by atoms with Crippen LogP contribution in [0.5, 0.6) is 5.75 Å². The summed E-state index contributed by atoms with van der Waals surface area (Å²) in [5.74, 6) is 0.524. The molecule has 0 fully saturated rings. The van der Waals surface area contributed by atoms with E-state index in [0.29, 0.717) is 11.4 Å². The molecule has 1 aliphatic rings. The zero-order valence-corrected chi connectivity index (χ0v) is 19.2. The molecule has 0 aliphatic carbocycles. The molecule has 0 bridgehead atoms. The van der Waals surface area contributed by atoms with Gasteiger partial charge in [0.05, 0.1) is 23.1 Å². The van der Waals surface area contributed by atoms with Gasteiger partial charge in [0, 0.05) is 42.6 Å². The fourth-order valence-corrected chi connectivity index (χ4v) is 4.05. The minimum absolute atomic E-state index is 0.0674. The lowest BCUT2D eigenvalue weighted by Crippen LogP contribution is -2.45. The predicted octanol–water partition coefficient (Wildman–Crippen LogP) is 5.66. The van der Waals surface area contributed by atoms with E-state index in [2.05, 4.69) is 35.1 Å². The number of aliphatic hydroxyl groups excluding tert-OH is 1. The van der Waals surface area contributed by atoms with Gasteiger partial charge in [-0.05, 0) is 51.3 Å². The van der Waals surface area contributed by atoms with E-state index in [0.717, 1.165) is 36.2 Å². The molecule has 1 N–H and O–H groups in total. The third-order valence-electron chi connectivity index (χ3n) is 5.64. The predicted molar refractivity (Wildman–Crippen MR) is 126 cm³/mol. The van der Waals surface area contributed by atoms with E-state index in [1.54, 1.807) is 7.11 Å². The van der Waals surface area contributed by atoms with E-state index in [-0.39, 0.29) is 29.1 Å². The molecule has 0 saturated heterocycles. The molecule has 1 heterocycles. The minimum atomic E-state index is -0.558. The van der Waals surface area contributed by atoms with Crippen molar-refractivity contribution in [3.05, 3.63) is 57.6 Å². The highest BCUT2D eigenvalue weighted by molar-refractivity contribution is 5.85. The van der Waals surface area contributed by atoms with Crippen LogP contribution in [0.2, 0.25) is 0 Å². The van der Waals surface area contributed by atoms with Crippen molar-refractivity contribution in [3.8, 4) is 11.8 Å². The molecule has 2 aromatic carbocycles. The average Bonchev–Trinajstić information content (AvgIpc) is 2.78. The Morgan fingerprint density at radius 1 is 1.21 bits per heavy atom. The van der Waals surface area contributed by atoms with Gasteiger partial charge in [-0.2, -0.15) is 5.26 Å². The topological polar surface area (TPSA) is 124 Å². The van der Waals surface area contributed by atoms with Crippen molar-refractivity contribution in [3.63, 3.8) is 0 Å². The van der Waals surface area contributed by atoms with E-state index < -0.39 is 4.92 Å². The Hall–Kier alpha value is -3.77. The highest BCUT2D eigenvalue weighted by Crippen LogP contribution is 2.45. The van der Waals surface area contributed by atoms with Crippen LogP contribution in [0.3, 0.4) is 0 Å². The summed E-state index contributed by atoms with van der Waals surface area (Å²) in [6.45, 7) is 7.28. The third kappa shape index (κ3) is 5.02. The first-order valence-corrected chi connectivity index (χ1v) is 10.6. The molecule has 2 aromatic rings. The van der Waals surface area contributed by atoms with Crippen LogP contribution >= 0.6 is 0 Å².